The molecule has 0 radical (unpaired) electrons. The number of benzene rings is 2. The van der Waals surface area contributed by atoms with E-state index in [4.69, 9.17) is 0 Å². The summed E-state index contributed by atoms with van der Waals surface area (Å²) < 4.78 is 0. The van der Waals surface area contributed by atoms with Crippen LogP contribution >= 0.6 is 0 Å². The van der Waals surface area contributed by atoms with Crippen molar-refractivity contribution in [1.29, 1.82) is 0 Å². The van der Waals surface area contributed by atoms with Gasteiger partial charge in [-0.05, 0) is 58.4 Å². The molecule has 0 unspecified atom stereocenters. The maximum absolute atomic E-state index is 2.40. The van der Waals surface area contributed by atoms with Crippen LogP contribution in [0, 0.1) is 6.92 Å². The normalized spacial score (nSPS) is 14.8. The number of hydrogen-bond donors (Lipinski definition) is 0. The molecule has 0 saturated heterocycles. The lowest BCUT2D eigenvalue weighted by Gasteiger charge is -2.24. The first-order valence-corrected chi connectivity index (χ1v) is 7.26. The Morgan fingerprint density at radius 3 is 2.74 bits per heavy atom. The van der Waals surface area contributed by atoms with Crippen molar-refractivity contribution in [2.24, 2.45) is 0 Å². The highest BCUT2D eigenvalue weighted by atomic mass is 14.2. The lowest BCUT2D eigenvalue weighted by molar-refractivity contribution is 1.22. The smallest absolute Gasteiger partial charge is 0.00647 e. The highest BCUT2D eigenvalue weighted by molar-refractivity contribution is 6.03. The first-order valence-electron chi connectivity index (χ1n) is 7.26. The van der Waals surface area contributed by atoms with E-state index in [0.29, 0.717) is 0 Å². The summed E-state index contributed by atoms with van der Waals surface area (Å²) in [6.07, 6.45) is 9.16. The molecule has 0 saturated carbocycles. The van der Waals surface area contributed by atoms with Gasteiger partial charge < -0.3 is 0 Å². The van der Waals surface area contributed by atoms with Crippen molar-refractivity contribution in [2.45, 2.75) is 33.6 Å². The number of aryl methyl sites for hydroxylation is 1. The predicted molar refractivity (Wildman–Crippen MR) is 85.4 cm³/mol. The van der Waals surface area contributed by atoms with Gasteiger partial charge in [-0.25, -0.2) is 0 Å². The Bertz CT molecular complexity index is 700. The van der Waals surface area contributed by atoms with Gasteiger partial charge in [0.2, 0.25) is 0 Å². The van der Waals surface area contributed by atoms with Crippen LogP contribution < -0.4 is 0 Å². The standard InChI is InChI=1S/C17H14.C2H6/c1-11-10-14-6-2-4-12-8-9-13-5-3-7-15(11)17(13)16(12)14;1-2/h2-3,5-8,10H,4,9H2,1H3;1-2H3. The topological polar surface area (TPSA) is 0 Å². The van der Waals surface area contributed by atoms with Gasteiger partial charge in [-0.1, -0.05) is 56.3 Å². The Kier molecular flexibility index (Phi) is 3.02. The van der Waals surface area contributed by atoms with E-state index >= 15 is 0 Å². The lowest BCUT2D eigenvalue weighted by Crippen LogP contribution is -2.03. The molecule has 0 aliphatic heterocycles. The molecule has 0 N–H and O–H groups in total. The highest BCUT2D eigenvalue weighted by Crippen LogP contribution is 2.41. The second-order valence-electron chi connectivity index (χ2n) is 5.04. The van der Waals surface area contributed by atoms with Gasteiger partial charge in [0.05, 0.1) is 0 Å². The minimum Gasteiger partial charge on any atom is -0.0795 e. The lowest BCUT2D eigenvalue weighted by atomic mass is 9.80. The van der Waals surface area contributed by atoms with Crippen molar-refractivity contribution in [3.05, 3.63) is 58.7 Å². The molecule has 0 aromatic heterocycles. The fourth-order valence-corrected chi connectivity index (χ4v) is 3.23. The first-order chi connectivity index (χ1) is 9.34. The van der Waals surface area contributed by atoms with Crippen LogP contribution in [0.2, 0.25) is 0 Å². The Hall–Kier alpha value is -1.82. The van der Waals surface area contributed by atoms with Crippen LogP contribution in [0.3, 0.4) is 0 Å². The largest absolute Gasteiger partial charge is 0.0795 e. The molecular weight excluding hydrogens is 228 g/mol. The molecule has 2 aliphatic carbocycles. The molecule has 0 nitrogen and oxygen atoms in total. The predicted octanol–water partition coefficient (Wildman–Crippen LogP) is 5.53. The molecule has 0 heterocycles. The van der Waals surface area contributed by atoms with Crippen LogP contribution in [-0.4, -0.2) is 0 Å². The monoisotopic (exact) mass is 248 g/mol. The zero-order chi connectivity index (χ0) is 13.4. The fourth-order valence-electron chi connectivity index (χ4n) is 3.23. The van der Waals surface area contributed by atoms with Crippen molar-refractivity contribution >= 4 is 22.4 Å². The molecule has 19 heavy (non-hydrogen) atoms. The molecule has 2 aromatic rings. The van der Waals surface area contributed by atoms with Crippen molar-refractivity contribution in [3.8, 4) is 0 Å². The van der Waals surface area contributed by atoms with E-state index in [1.165, 1.54) is 38.6 Å². The Morgan fingerprint density at radius 1 is 1.05 bits per heavy atom. The summed E-state index contributed by atoms with van der Waals surface area (Å²) >= 11 is 0. The van der Waals surface area contributed by atoms with E-state index in [-0.39, 0.29) is 0 Å². The van der Waals surface area contributed by atoms with Crippen molar-refractivity contribution < 1.29 is 0 Å². The minimum absolute atomic E-state index is 1.09. The molecule has 0 bridgehead atoms. The number of hydrogen-bond acceptors (Lipinski definition) is 0. The Balaban J connectivity index is 0.000000528. The zero-order valence-corrected chi connectivity index (χ0v) is 12.0. The number of rotatable bonds is 0. The van der Waals surface area contributed by atoms with Gasteiger partial charge in [-0.3, -0.25) is 0 Å². The van der Waals surface area contributed by atoms with E-state index in [0.717, 1.165) is 12.8 Å². The Labute approximate surface area is 115 Å². The maximum Gasteiger partial charge on any atom is -0.00647 e. The minimum atomic E-state index is 1.09. The third-order valence-corrected chi connectivity index (χ3v) is 4.01. The van der Waals surface area contributed by atoms with E-state index < -0.39 is 0 Å². The summed E-state index contributed by atoms with van der Waals surface area (Å²) in [6, 6.07) is 9.05. The molecule has 2 aliphatic rings. The van der Waals surface area contributed by atoms with Crippen molar-refractivity contribution in [2.75, 3.05) is 0 Å². The molecule has 0 heteroatoms. The van der Waals surface area contributed by atoms with Gasteiger partial charge in [0, 0.05) is 0 Å². The molecule has 0 atom stereocenters. The average molecular weight is 248 g/mol. The molecule has 2 aromatic carbocycles. The molecular formula is C19H20. The SMILES string of the molecule is CC.Cc1cc2c3c4c(cccc14)CC=C3CC=C2. The van der Waals surface area contributed by atoms with E-state index in [2.05, 4.69) is 49.4 Å². The first kappa shape index (κ1) is 12.2. The van der Waals surface area contributed by atoms with Crippen molar-refractivity contribution in [1.82, 2.24) is 0 Å². The average Bonchev–Trinajstić information content (AvgIpc) is 2.48. The molecule has 0 fully saturated rings. The third kappa shape index (κ3) is 1.74. The molecule has 4 rings (SSSR count). The van der Waals surface area contributed by atoms with Crippen LogP contribution in [0.25, 0.3) is 22.4 Å². The zero-order valence-electron chi connectivity index (χ0n) is 12.0. The van der Waals surface area contributed by atoms with E-state index in [1.54, 1.807) is 0 Å². The number of allylic oxidation sites excluding steroid dienone is 3. The van der Waals surface area contributed by atoms with Crippen molar-refractivity contribution in [3.63, 3.8) is 0 Å². The summed E-state index contributed by atoms with van der Waals surface area (Å²) in [5.41, 5.74) is 7.30. The van der Waals surface area contributed by atoms with Gasteiger partial charge in [0.25, 0.3) is 0 Å². The van der Waals surface area contributed by atoms with Gasteiger partial charge in [-0.15, -0.1) is 0 Å². The van der Waals surface area contributed by atoms with Gasteiger partial charge in [0.1, 0.15) is 0 Å². The van der Waals surface area contributed by atoms with E-state index in [9.17, 15) is 0 Å². The highest BCUT2D eigenvalue weighted by Gasteiger charge is 2.19. The molecule has 0 amide bonds. The molecule has 0 spiro atoms. The molecule has 96 valence electrons. The van der Waals surface area contributed by atoms with E-state index in [1.807, 2.05) is 13.8 Å². The second-order valence-corrected chi connectivity index (χ2v) is 5.04. The summed E-state index contributed by atoms with van der Waals surface area (Å²) in [4.78, 5) is 0. The van der Waals surface area contributed by atoms with Gasteiger partial charge in [0.15, 0.2) is 0 Å². The van der Waals surface area contributed by atoms with Crippen LogP contribution in [0.4, 0.5) is 0 Å². The summed E-state index contributed by atoms with van der Waals surface area (Å²) in [7, 11) is 0. The van der Waals surface area contributed by atoms with Crippen LogP contribution in [-0.2, 0) is 6.42 Å². The third-order valence-electron chi connectivity index (χ3n) is 4.01. The second kappa shape index (κ2) is 4.70. The fraction of sp³-hybridized carbons (Fsp3) is 0.263. The quantitative estimate of drug-likeness (QED) is 0.575. The maximum atomic E-state index is 2.40. The van der Waals surface area contributed by atoms with Crippen LogP contribution in [0.5, 0.6) is 0 Å². The summed E-state index contributed by atoms with van der Waals surface area (Å²) in [5.74, 6) is 0. The summed E-state index contributed by atoms with van der Waals surface area (Å²) in [5, 5.41) is 2.94. The Morgan fingerprint density at radius 2 is 1.89 bits per heavy atom. The van der Waals surface area contributed by atoms with Gasteiger partial charge >= 0.3 is 0 Å². The van der Waals surface area contributed by atoms with Crippen LogP contribution in [0.15, 0.2) is 36.4 Å². The van der Waals surface area contributed by atoms with Gasteiger partial charge in [-0.2, -0.15) is 0 Å². The van der Waals surface area contributed by atoms with Crippen LogP contribution in [0.1, 0.15) is 42.5 Å². The summed E-state index contributed by atoms with van der Waals surface area (Å²) in [6.45, 7) is 6.22.